The summed E-state index contributed by atoms with van der Waals surface area (Å²) in [7, 11) is 1.82. The normalized spacial score (nSPS) is 24.2. The zero-order valence-corrected chi connectivity index (χ0v) is 12.2. The quantitative estimate of drug-likeness (QED) is 0.850. The van der Waals surface area contributed by atoms with E-state index in [1.807, 2.05) is 14.0 Å². The fourth-order valence-electron chi connectivity index (χ4n) is 2.53. The fraction of sp³-hybridized carbons (Fsp3) is 0.846. The number of amides is 1. The van der Waals surface area contributed by atoms with E-state index in [1.54, 1.807) is 16.7 Å². The summed E-state index contributed by atoms with van der Waals surface area (Å²) in [5.74, 6) is 1.21. The highest BCUT2D eigenvalue weighted by Crippen LogP contribution is 2.35. The molecule has 0 bridgehead atoms. The molecule has 5 heteroatoms. The van der Waals surface area contributed by atoms with Crippen LogP contribution in [-0.4, -0.2) is 47.4 Å². The van der Waals surface area contributed by atoms with E-state index in [4.69, 9.17) is 0 Å². The van der Waals surface area contributed by atoms with Crippen LogP contribution < -0.4 is 5.32 Å². The monoisotopic (exact) mass is 269 g/mol. The molecule has 18 heavy (non-hydrogen) atoms. The van der Waals surface area contributed by atoms with Crippen molar-refractivity contribution in [2.75, 3.05) is 25.9 Å². The second-order valence-corrected chi connectivity index (χ2v) is 6.25. The Bertz CT molecular complexity index is 337. The number of hydrogen-bond acceptors (Lipinski definition) is 3. The number of nitrogens with zero attached hydrogens (tertiary/aromatic N) is 2. The molecule has 0 aromatic heterocycles. The van der Waals surface area contributed by atoms with Crippen LogP contribution in [0.25, 0.3) is 0 Å². The van der Waals surface area contributed by atoms with Gasteiger partial charge in [-0.25, -0.2) is 0 Å². The molecule has 1 aliphatic heterocycles. The van der Waals surface area contributed by atoms with E-state index in [9.17, 15) is 4.79 Å². The van der Waals surface area contributed by atoms with Gasteiger partial charge >= 0.3 is 0 Å². The lowest BCUT2D eigenvalue weighted by Gasteiger charge is -2.32. The number of carbonyl (C=O) groups is 1. The lowest BCUT2D eigenvalue weighted by Crippen LogP contribution is -2.45. The van der Waals surface area contributed by atoms with Crippen LogP contribution in [0.3, 0.4) is 0 Å². The fourth-order valence-corrected chi connectivity index (χ4v) is 3.74. The zero-order chi connectivity index (χ0) is 13.0. The van der Waals surface area contributed by atoms with Crippen LogP contribution >= 0.6 is 11.8 Å². The SMILES string of the molecule is CCN(C)C(=O)CN=C1NC2(CCCCC2)CS1. The summed E-state index contributed by atoms with van der Waals surface area (Å²) in [5, 5.41) is 4.53. The maximum absolute atomic E-state index is 11.7. The minimum Gasteiger partial charge on any atom is -0.359 e. The van der Waals surface area contributed by atoms with Crippen LogP contribution in [0.1, 0.15) is 39.0 Å². The van der Waals surface area contributed by atoms with Crippen molar-refractivity contribution in [3.05, 3.63) is 0 Å². The Morgan fingerprint density at radius 2 is 2.17 bits per heavy atom. The molecule has 0 aromatic rings. The summed E-state index contributed by atoms with van der Waals surface area (Å²) in [6, 6.07) is 0. The molecule has 1 amide bonds. The third-order valence-electron chi connectivity index (χ3n) is 3.93. The van der Waals surface area contributed by atoms with Crippen LogP contribution in [0.2, 0.25) is 0 Å². The number of aliphatic imine (C=N–C) groups is 1. The van der Waals surface area contributed by atoms with Crippen molar-refractivity contribution in [1.29, 1.82) is 0 Å². The standard InChI is InChI=1S/C13H23N3OS/c1-3-16(2)11(17)9-14-12-15-13(10-18-12)7-5-4-6-8-13/h3-10H2,1-2H3,(H,14,15). The molecule has 102 valence electrons. The second kappa shape index (κ2) is 5.95. The first kappa shape index (κ1) is 13.7. The summed E-state index contributed by atoms with van der Waals surface area (Å²) < 4.78 is 0. The van der Waals surface area contributed by atoms with Gasteiger partial charge in [0.05, 0.1) is 0 Å². The Hall–Kier alpha value is -0.710. The van der Waals surface area contributed by atoms with Crippen molar-refractivity contribution < 1.29 is 4.79 Å². The molecule has 1 saturated carbocycles. The molecule has 0 radical (unpaired) electrons. The maximum atomic E-state index is 11.7. The van der Waals surface area contributed by atoms with Crippen molar-refractivity contribution in [3.8, 4) is 0 Å². The minimum absolute atomic E-state index is 0.0944. The van der Waals surface area contributed by atoms with E-state index in [2.05, 4.69) is 10.3 Å². The van der Waals surface area contributed by atoms with E-state index >= 15 is 0 Å². The Morgan fingerprint density at radius 1 is 1.44 bits per heavy atom. The van der Waals surface area contributed by atoms with Gasteiger partial charge in [0.1, 0.15) is 6.54 Å². The lowest BCUT2D eigenvalue weighted by molar-refractivity contribution is -0.128. The predicted molar refractivity (Wildman–Crippen MR) is 77.0 cm³/mol. The lowest BCUT2D eigenvalue weighted by atomic mass is 9.83. The third-order valence-corrected chi connectivity index (χ3v) is 5.13. The smallest absolute Gasteiger partial charge is 0.244 e. The first-order valence-corrected chi connectivity index (χ1v) is 7.83. The van der Waals surface area contributed by atoms with Crippen molar-refractivity contribution in [1.82, 2.24) is 10.2 Å². The first-order chi connectivity index (χ1) is 8.65. The number of likely N-dealkylation sites (N-methyl/N-ethyl adjacent to an activating group) is 1. The van der Waals surface area contributed by atoms with Gasteiger partial charge in [0.15, 0.2) is 5.17 Å². The summed E-state index contributed by atoms with van der Waals surface area (Å²) >= 11 is 1.78. The second-order valence-electron chi connectivity index (χ2n) is 5.28. The number of nitrogens with one attached hydrogen (secondary N) is 1. The van der Waals surface area contributed by atoms with Crippen LogP contribution in [-0.2, 0) is 4.79 Å². The van der Waals surface area contributed by atoms with Crippen molar-refractivity contribution >= 4 is 22.8 Å². The summed E-state index contributed by atoms with van der Waals surface area (Å²) in [5.41, 5.74) is 0.279. The van der Waals surface area contributed by atoms with Gasteiger partial charge in [0.2, 0.25) is 5.91 Å². The van der Waals surface area contributed by atoms with E-state index in [0.29, 0.717) is 0 Å². The highest BCUT2D eigenvalue weighted by molar-refractivity contribution is 8.14. The Labute approximate surface area is 114 Å². The number of thioether (sulfide) groups is 1. The van der Waals surface area contributed by atoms with Gasteiger partial charge in [-0.05, 0) is 19.8 Å². The van der Waals surface area contributed by atoms with E-state index < -0.39 is 0 Å². The molecule has 4 nitrogen and oxygen atoms in total. The first-order valence-electron chi connectivity index (χ1n) is 6.85. The molecule has 1 saturated heterocycles. The minimum atomic E-state index is 0.0944. The number of amidine groups is 1. The maximum Gasteiger partial charge on any atom is 0.244 e. The number of rotatable bonds is 3. The Kier molecular flexibility index (Phi) is 4.54. The average molecular weight is 269 g/mol. The molecule has 1 N–H and O–H groups in total. The van der Waals surface area contributed by atoms with Crippen molar-refractivity contribution in [2.24, 2.45) is 4.99 Å². The summed E-state index contributed by atoms with van der Waals surface area (Å²) in [6.07, 6.45) is 6.50. The largest absolute Gasteiger partial charge is 0.359 e. The molecule has 1 heterocycles. The van der Waals surface area contributed by atoms with Crippen LogP contribution in [0, 0.1) is 0 Å². The highest BCUT2D eigenvalue weighted by Gasteiger charge is 2.37. The zero-order valence-electron chi connectivity index (χ0n) is 11.4. The summed E-state index contributed by atoms with van der Waals surface area (Å²) in [6.45, 7) is 2.99. The van der Waals surface area contributed by atoms with Crippen LogP contribution in [0.4, 0.5) is 0 Å². The van der Waals surface area contributed by atoms with Crippen molar-refractivity contribution in [2.45, 2.75) is 44.6 Å². The molecule has 1 spiro atoms. The molecule has 1 aliphatic carbocycles. The summed E-state index contributed by atoms with van der Waals surface area (Å²) in [4.78, 5) is 17.8. The third kappa shape index (κ3) is 3.19. The Balaban J connectivity index is 1.86. The van der Waals surface area contributed by atoms with Gasteiger partial charge in [-0.3, -0.25) is 9.79 Å². The molecule has 0 unspecified atom stereocenters. The topological polar surface area (TPSA) is 44.7 Å². The van der Waals surface area contributed by atoms with Crippen LogP contribution in [0.15, 0.2) is 4.99 Å². The molecule has 2 rings (SSSR count). The van der Waals surface area contributed by atoms with Gasteiger partial charge in [0.25, 0.3) is 0 Å². The van der Waals surface area contributed by atoms with E-state index in [1.165, 1.54) is 32.1 Å². The van der Waals surface area contributed by atoms with Gasteiger partial charge in [0, 0.05) is 24.9 Å². The van der Waals surface area contributed by atoms with Gasteiger partial charge in [-0.15, -0.1) is 0 Å². The molecule has 2 aliphatic rings. The molecule has 2 fully saturated rings. The van der Waals surface area contributed by atoms with E-state index in [0.717, 1.165) is 17.5 Å². The predicted octanol–water partition coefficient (Wildman–Crippen LogP) is 1.86. The number of carbonyl (C=O) groups excluding carboxylic acids is 1. The van der Waals surface area contributed by atoms with Gasteiger partial charge in [-0.2, -0.15) is 0 Å². The molecular formula is C13H23N3OS. The van der Waals surface area contributed by atoms with Crippen molar-refractivity contribution in [3.63, 3.8) is 0 Å². The Morgan fingerprint density at radius 3 is 2.83 bits per heavy atom. The van der Waals surface area contributed by atoms with Gasteiger partial charge < -0.3 is 10.2 Å². The molecule has 0 atom stereocenters. The average Bonchev–Trinajstić information content (AvgIpc) is 2.79. The van der Waals surface area contributed by atoms with Gasteiger partial charge in [-0.1, -0.05) is 31.0 Å². The molecule has 0 aromatic carbocycles. The molecular weight excluding hydrogens is 246 g/mol. The van der Waals surface area contributed by atoms with Crippen LogP contribution in [0.5, 0.6) is 0 Å². The van der Waals surface area contributed by atoms with E-state index in [-0.39, 0.29) is 18.0 Å². The number of hydrogen-bond donors (Lipinski definition) is 1. The highest BCUT2D eigenvalue weighted by atomic mass is 32.2.